The van der Waals surface area contributed by atoms with E-state index < -0.39 is 12.0 Å². The lowest BCUT2D eigenvalue weighted by Gasteiger charge is -2.11. The fourth-order valence-corrected chi connectivity index (χ4v) is 1.18. The lowest BCUT2D eigenvalue weighted by atomic mass is 10.3. The van der Waals surface area contributed by atoms with Gasteiger partial charge in [-0.05, 0) is 13.8 Å². The molecule has 6 nitrogen and oxygen atoms in total. The zero-order chi connectivity index (χ0) is 12.1. The minimum absolute atomic E-state index is 0.303. The molecule has 1 aromatic rings. The van der Waals surface area contributed by atoms with Crippen LogP contribution in [-0.2, 0) is 16.1 Å². The highest BCUT2D eigenvalue weighted by Crippen LogP contribution is 2.08. The summed E-state index contributed by atoms with van der Waals surface area (Å²) in [6.07, 6.45) is 0. The van der Waals surface area contributed by atoms with Crippen LogP contribution < -0.4 is 5.32 Å². The average Bonchev–Trinajstić information content (AvgIpc) is 2.16. The fraction of sp³-hybridized carbons (Fsp3) is 0.500. The molecule has 16 heavy (non-hydrogen) atoms. The van der Waals surface area contributed by atoms with E-state index in [4.69, 9.17) is 9.84 Å². The van der Waals surface area contributed by atoms with Gasteiger partial charge in [0.2, 0.25) is 0 Å². The van der Waals surface area contributed by atoms with Crippen LogP contribution in [0.25, 0.3) is 0 Å². The van der Waals surface area contributed by atoms with Gasteiger partial charge in [-0.15, -0.1) is 0 Å². The number of carboxylic acids is 1. The van der Waals surface area contributed by atoms with E-state index in [0.29, 0.717) is 18.2 Å². The van der Waals surface area contributed by atoms with Crippen molar-refractivity contribution in [3.05, 3.63) is 17.6 Å². The Bertz CT molecular complexity index is 382. The maximum absolute atomic E-state index is 10.7. The number of aliphatic carboxylic acids is 1. The van der Waals surface area contributed by atoms with Gasteiger partial charge in [-0.2, -0.15) is 0 Å². The molecule has 0 bridgehead atoms. The maximum atomic E-state index is 10.7. The number of hydrogen-bond donors (Lipinski definition) is 2. The normalized spacial score (nSPS) is 12.2. The summed E-state index contributed by atoms with van der Waals surface area (Å²) in [6.45, 7) is 3.67. The molecule has 6 heteroatoms. The predicted molar refractivity (Wildman–Crippen MR) is 58.2 cm³/mol. The second-order valence-electron chi connectivity index (χ2n) is 3.45. The zero-order valence-electron chi connectivity index (χ0n) is 9.52. The Labute approximate surface area is 93.7 Å². The summed E-state index contributed by atoms with van der Waals surface area (Å²) in [6, 6.07) is 1.00. The number of ether oxygens (including phenoxy) is 1. The number of aryl methyl sites for hydroxylation is 1. The molecule has 0 radical (unpaired) electrons. The number of carboxylic acid groups (broad SMARTS) is 1. The first kappa shape index (κ1) is 12.4. The summed E-state index contributed by atoms with van der Waals surface area (Å²) in [5, 5.41) is 11.5. The van der Waals surface area contributed by atoms with E-state index in [2.05, 4.69) is 15.3 Å². The third-order valence-electron chi connectivity index (χ3n) is 1.91. The van der Waals surface area contributed by atoms with Crippen molar-refractivity contribution in [1.29, 1.82) is 0 Å². The van der Waals surface area contributed by atoms with Crippen molar-refractivity contribution >= 4 is 11.8 Å². The van der Waals surface area contributed by atoms with E-state index in [1.165, 1.54) is 0 Å². The van der Waals surface area contributed by atoms with Crippen LogP contribution in [0.2, 0.25) is 0 Å². The van der Waals surface area contributed by atoms with Gasteiger partial charge >= 0.3 is 5.97 Å². The molecular weight excluding hydrogens is 210 g/mol. The van der Waals surface area contributed by atoms with E-state index >= 15 is 0 Å². The molecule has 1 aromatic heterocycles. The molecule has 0 saturated carbocycles. The van der Waals surface area contributed by atoms with E-state index in [1.54, 1.807) is 20.1 Å². The monoisotopic (exact) mass is 225 g/mol. The summed E-state index contributed by atoms with van der Waals surface area (Å²) >= 11 is 0. The second-order valence-corrected chi connectivity index (χ2v) is 3.45. The number of hydrogen-bond acceptors (Lipinski definition) is 5. The Morgan fingerprint density at radius 3 is 2.88 bits per heavy atom. The van der Waals surface area contributed by atoms with Crippen molar-refractivity contribution in [2.24, 2.45) is 0 Å². The molecule has 1 atom stereocenters. The molecular formula is C10H15N3O3. The number of methoxy groups -OCH3 is 1. The van der Waals surface area contributed by atoms with Gasteiger partial charge in [0.15, 0.2) is 5.82 Å². The van der Waals surface area contributed by atoms with Gasteiger partial charge in [0.1, 0.15) is 18.5 Å². The highest BCUT2D eigenvalue weighted by molar-refractivity contribution is 5.76. The highest BCUT2D eigenvalue weighted by atomic mass is 16.5. The number of anilines is 1. The van der Waals surface area contributed by atoms with Gasteiger partial charge in [0.05, 0.1) is 0 Å². The van der Waals surface area contributed by atoms with Crippen LogP contribution in [0.5, 0.6) is 0 Å². The van der Waals surface area contributed by atoms with Crippen molar-refractivity contribution < 1.29 is 14.6 Å². The molecule has 0 saturated heterocycles. The van der Waals surface area contributed by atoms with Crippen molar-refractivity contribution in [3.63, 3.8) is 0 Å². The lowest BCUT2D eigenvalue weighted by Crippen LogP contribution is -2.26. The van der Waals surface area contributed by atoms with E-state index in [0.717, 1.165) is 5.69 Å². The second kappa shape index (κ2) is 5.41. The molecule has 1 heterocycles. The lowest BCUT2D eigenvalue weighted by molar-refractivity contribution is -0.137. The molecule has 0 fully saturated rings. The predicted octanol–water partition coefficient (Wildman–Crippen LogP) is 0.816. The van der Waals surface area contributed by atoms with Crippen molar-refractivity contribution in [2.45, 2.75) is 26.5 Å². The third-order valence-corrected chi connectivity index (χ3v) is 1.91. The minimum atomic E-state index is -0.926. The molecule has 0 aliphatic heterocycles. The SMILES string of the molecule is COCc1nc(C)cc(N[C@@H](C)C(=O)O)n1. The fourth-order valence-electron chi connectivity index (χ4n) is 1.18. The Morgan fingerprint density at radius 2 is 2.31 bits per heavy atom. The van der Waals surface area contributed by atoms with E-state index in [-0.39, 0.29) is 0 Å². The number of aromatic nitrogens is 2. The quantitative estimate of drug-likeness (QED) is 0.771. The van der Waals surface area contributed by atoms with Crippen LogP contribution in [0, 0.1) is 6.92 Å². The molecule has 0 aromatic carbocycles. The van der Waals surface area contributed by atoms with Crippen molar-refractivity contribution in [1.82, 2.24) is 9.97 Å². The standard InChI is InChI=1S/C10H15N3O3/c1-6-4-8(12-7(2)10(14)15)13-9(11-6)5-16-3/h4,7H,5H2,1-3H3,(H,14,15)(H,11,12,13)/t7-/m0/s1. The zero-order valence-corrected chi connectivity index (χ0v) is 9.52. The summed E-state index contributed by atoms with van der Waals surface area (Å²) in [5.74, 6) is 0.0987. The summed E-state index contributed by atoms with van der Waals surface area (Å²) in [7, 11) is 1.55. The molecule has 0 spiro atoms. The van der Waals surface area contributed by atoms with Gasteiger partial charge in [0, 0.05) is 18.9 Å². The Morgan fingerprint density at radius 1 is 1.62 bits per heavy atom. The van der Waals surface area contributed by atoms with Gasteiger partial charge in [-0.25, -0.2) is 9.97 Å². The first-order chi connectivity index (χ1) is 7.52. The topological polar surface area (TPSA) is 84.3 Å². The van der Waals surface area contributed by atoms with Crippen LogP contribution in [0.3, 0.4) is 0 Å². The smallest absolute Gasteiger partial charge is 0.325 e. The van der Waals surface area contributed by atoms with Crippen molar-refractivity contribution in [3.8, 4) is 0 Å². The van der Waals surface area contributed by atoms with Crippen LogP contribution >= 0.6 is 0 Å². The van der Waals surface area contributed by atoms with Gasteiger partial charge in [0.25, 0.3) is 0 Å². The molecule has 0 aliphatic carbocycles. The summed E-state index contributed by atoms with van der Waals surface area (Å²) in [5.41, 5.74) is 0.766. The Kier molecular flexibility index (Phi) is 4.19. The number of carbonyl (C=O) groups is 1. The van der Waals surface area contributed by atoms with Crippen LogP contribution in [-0.4, -0.2) is 34.2 Å². The first-order valence-electron chi connectivity index (χ1n) is 4.85. The van der Waals surface area contributed by atoms with Crippen LogP contribution in [0.1, 0.15) is 18.4 Å². The number of rotatable bonds is 5. The molecule has 2 N–H and O–H groups in total. The summed E-state index contributed by atoms with van der Waals surface area (Å²) in [4.78, 5) is 19.0. The largest absolute Gasteiger partial charge is 0.480 e. The van der Waals surface area contributed by atoms with Gasteiger partial charge < -0.3 is 15.2 Å². The van der Waals surface area contributed by atoms with Gasteiger partial charge in [-0.3, -0.25) is 4.79 Å². The van der Waals surface area contributed by atoms with Crippen molar-refractivity contribution in [2.75, 3.05) is 12.4 Å². The van der Waals surface area contributed by atoms with Crippen LogP contribution in [0.15, 0.2) is 6.07 Å². The maximum Gasteiger partial charge on any atom is 0.325 e. The molecule has 0 amide bonds. The third kappa shape index (κ3) is 3.47. The molecule has 0 aliphatic rings. The Hall–Kier alpha value is -1.69. The molecule has 88 valence electrons. The average molecular weight is 225 g/mol. The number of nitrogens with one attached hydrogen (secondary N) is 1. The van der Waals surface area contributed by atoms with E-state index in [1.807, 2.05) is 6.92 Å². The Balaban J connectivity index is 2.83. The molecule has 1 rings (SSSR count). The first-order valence-corrected chi connectivity index (χ1v) is 4.85. The molecule has 0 unspecified atom stereocenters. The minimum Gasteiger partial charge on any atom is -0.480 e. The van der Waals surface area contributed by atoms with Gasteiger partial charge in [-0.1, -0.05) is 0 Å². The number of nitrogens with zero attached hydrogens (tertiary/aromatic N) is 2. The van der Waals surface area contributed by atoms with E-state index in [9.17, 15) is 4.79 Å². The summed E-state index contributed by atoms with van der Waals surface area (Å²) < 4.78 is 4.92. The highest BCUT2D eigenvalue weighted by Gasteiger charge is 2.11. The van der Waals surface area contributed by atoms with Crippen LogP contribution in [0.4, 0.5) is 5.82 Å².